The maximum Gasteiger partial charge on any atom is 0.332 e. The number of nitrogens with one attached hydrogen (secondary N) is 1. The Balaban J connectivity index is 3.30. The van der Waals surface area contributed by atoms with E-state index in [1.165, 1.54) is 18.9 Å². The molecule has 0 saturated heterocycles. The highest BCUT2D eigenvalue weighted by atomic mass is 16.6. The fourth-order valence-electron chi connectivity index (χ4n) is 1.79. The van der Waals surface area contributed by atoms with Crippen LogP contribution in [0.15, 0.2) is 0 Å². The number of nitrogens with zero attached hydrogens (tertiary/aromatic N) is 4. The fourth-order valence-corrected chi connectivity index (χ4v) is 1.79. The summed E-state index contributed by atoms with van der Waals surface area (Å²) >= 11 is 0. The molecule has 0 bridgehead atoms. The highest BCUT2D eigenvalue weighted by Gasteiger charge is 2.26. The van der Waals surface area contributed by atoms with Gasteiger partial charge >= 0.3 is 5.69 Å². The van der Waals surface area contributed by atoms with Gasteiger partial charge in [-0.25, -0.2) is 4.98 Å². The highest BCUT2D eigenvalue weighted by Crippen LogP contribution is 2.29. The molecule has 110 valence electrons. The van der Waals surface area contributed by atoms with Gasteiger partial charge in [0.1, 0.15) is 5.69 Å². The van der Waals surface area contributed by atoms with Gasteiger partial charge in [-0.2, -0.15) is 4.98 Å². The molecule has 0 spiro atoms. The van der Waals surface area contributed by atoms with E-state index in [-0.39, 0.29) is 35.6 Å². The molecule has 9 heteroatoms. The zero-order valence-corrected chi connectivity index (χ0v) is 11.7. The van der Waals surface area contributed by atoms with Crippen LogP contribution in [-0.4, -0.2) is 40.9 Å². The van der Waals surface area contributed by atoms with E-state index < -0.39 is 4.92 Å². The predicted molar refractivity (Wildman–Crippen MR) is 74.4 cm³/mol. The number of likely N-dealkylation sites (N-methyl/N-ethyl adjacent to an activating group) is 1. The van der Waals surface area contributed by atoms with Gasteiger partial charge in [-0.05, 0) is 13.3 Å². The summed E-state index contributed by atoms with van der Waals surface area (Å²) < 4.78 is 0. The summed E-state index contributed by atoms with van der Waals surface area (Å²) in [6, 6.07) is 0. The number of hydrogen-bond acceptors (Lipinski definition) is 7. The van der Waals surface area contributed by atoms with E-state index in [0.29, 0.717) is 13.0 Å². The van der Waals surface area contributed by atoms with E-state index in [1.807, 2.05) is 6.92 Å². The van der Waals surface area contributed by atoms with Gasteiger partial charge in [-0.1, -0.05) is 6.92 Å². The molecular formula is C11H18N6O3. The molecule has 1 aromatic heterocycles. The first-order valence-electron chi connectivity index (χ1n) is 6.14. The van der Waals surface area contributed by atoms with E-state index in [0.717, 1.165) is 0 Å². The number of anilines is 2. The van der Waals surface area contributed by atoms with Gasteiger partial charge in [0.25, 0.3) is 0 Å². The molecule has 9 nitrogen and oxygen atoms in total. The molecule has 0 aliphatic rings. The van der Waals surface area contributed by atoms with Crippen LogP contribution in [0.1, 0.15) is 19.0 Å². The minimum Gasteiger partial charge on any atom is -0.368 e. The van der Waals surface area contributed by atoms with Crippen LogP contribution >= 0.6 is 0 Å². The van der Waals surface area contributed by atoms with Crippen molar-refractivity contribution in [2.45, 2.75) is 20.3 Å². The number of hydrogen-bond donors (Lipinski definition) is 2. The van der Waals surface area contributed by atoms with Crippen molar-refractivity contribution < 1.29 is 9.72 Å². The third kappa shape index (κ3) is 3.53. The lowest BCUT2D eigenvalue weighted by Gasteiger charge is -2.22. The van der Waals surface area contributed by atoms with Crippen molar-refractivity contribution in [1.29, 1.82) is 0 Å². The van der Waals surface area contributed by atoms with Crippen molar-refractivity contribution in [3.8, 4) is 0 Å². The normalized spacial score (nSPS) is 10.2. The van der Waals surface area contributed by atoms with Gasteiger partial charge in [0.2, 0.25) is 17.7 Å². The zero-order valence-electron chi connectivity index (χ0n) is 11.7. The van der Waals surface area contributed by atoms with Crippen molar-refractivity contribution in [1.82, 2.24) is 15.3 Å². The second kappa shape index (κ2) is 6.64. The van der Waals surface area contributed by atoms with Gasteiger partial charge in [0.15, 0.2) is 0 Å². The van der Waals surface area contributed by atoms with Gasteiger partial charge in [0.05, 0.1) is 11.5 Å². The minimum absolute atomic E-state index is 0.0267. The topological polar surface area (TPSA) is 127 Å². The van der Waals surface area contributed by atoms with E-state index in [9.17, 15) is 14.9 Å². The summed E-state index contributed by atoms with van der Waals surface area (Å²) in [7, 11) is 1.50. The van der Waals surface area contributed by atoms with Crippen LogP contribution in [0.25, 0.3) is 0 Å². The number of nitro groups is 1. The van der Waals surface area contributed by atoms with Gasteiger partial charge < -0.3 is 16.0 Å². The molecule has 0 unspecified atom stereocenters. The number of aromatic nitrogens is 2. The number of carbonyl (C=O) groups excluding carboxylic acids is 1. The summed E-state index contributed by atoms with van der Waals surface area (Å²) in [5.41, 5.74) is 5.50. The number of rotatable bonds is 6. The van der Waals surface area contributed by atoms with Crippen LogP contribution in [0.5, 0.6) is 0 Å². The Morgan fingerprint density at radius 1 is 1.50 bits per heavy atom. The maximum atomic E-state index is 11.5. The lowest BCUT2D eigenvalue weighted by molar-refractivity contribution is -0.385. The third-order valence-electron chi connectivity index (χ3n) is 2.65. The number of aryl methyl sites for hydroxylation is 1. The molecule has 0 atom stereocenters. The first kappa shape index (κ1) is 15.6. The average molecular weight is 282 g/mol. The zero-order chi connectivity index (χ0) is 15.3. The molecule has 0 aromatic carbocycles. The van der Waals surface area contributed by atoms with Crippen LogP contribution in [0.3, 0.4) is 0 Å². The number of nitrogens with two attached hydrogens (primary N) is 1. The molecule has 0 radical (unpaired) electrons. The van der Waals surface area contributed by atoms with Crippen molar-refractivity contribution in [3.63, 3.8) is 0 Å². The fraction of sp³-hybridized carbons (Fsp3) is 0.545. The third-order valence-corrected chi connectivity index (χ3v) is 2.65. The predicted octanol–water partition coefficient (Wildman–Crippen LogP) is 0.238. The average Bonchev–Trinajstić information content (AvgIpc) is 2.36. The Bertz CT molecular complexity index is 519. The second-order valence-corrected chi connectivity index (χ2v) is 4.19. The number of carbonyl (C=O) groups is 1. The molecule has 1 aromatic rings. The Kier molecular flexibility index (Phi) is 5.18. The molecule has 0 aliphatic carbocycles. The maximum absolute atomic E-state index is 11.5. The van der Waals surface area contributed by atoms with Crippen LogP contribution in [0.2, 0.25) is 0 Å². The monoisotopic (exact) mass is 282 g/mol. The largest absolute Gasteiger partial charge is 0.368 e. The van der Waals surface area contributed by atoms with Crippen LogP contribution < -0.4 is 16.0 Å². The van der Waals surface area contributed by atoms with E-state index in [2.05, 4.69) is 15.3 Å². The number of amides is 1. The quantitative estimate of drug-likeness (QED) is 0.565. The summed E-state index contributed by atoms with van der Waals surface area (Å²) in [5, 5.41) is 13.7. The molecule has 3 N–H and O–H groups in total. The summed E-state index contributed by atoms with van der Waals surface area (Å²) in [6.07, 6.45) is 0.705. The van der Waals surface area contributed by atoms with E-state index in [4.69, 9.17) is 5.73 Å². The van der Waals surface area contributed by atoms with E-state index >= 15 is 0 Å². The number of nitrogen functional groups attached to an aromatic ring is 1. The van der Waals surface area contributed by atoms with Crippen LogP contribution in [0.4, 0.5) is 17.5 Å². The lowest BCUT2D eigenvalue weighted by Crippen LogP contribution is -2.37. The Hall–Kier alpha value is -2.45. The van der Waals surface area contributed by atoms with Crippen molar-refractivity contribution in [2.24, 2.45) is 0 Å². The van der Waals surface area contributed by atoms with Crippen LogP contribution in [0, 0.1) is 17.0 Å². The van der Waals surface area contributed by atoms with E-state index in [1.54, 1.807) is 0 Å². The molecule has 0 saturated carbocycles. The smallest absolute Gasteiger partial charge is 0.332 e. The Labute approximate surface area is 116 Å². The Morgan fingerprint density at radius 3 is 2.65 bits per heavy atom. The molecule has 1 amide bonds. The Morgan fingerprint density at radius 2 is 2.15 bits per heavy atom. The highest BCUT2D eigenvalue weighted by molar-refractivity contribution is 5.81. The molecule has 20 heavy (non-hydrogen) atoms. The summed E-state index contributed by atoms with van der Waals surface area (Å²) in [5.74, 6) is -0.242. The summed E-state index contributed by atoms with van der Waals surface area (Å²) in [4.78, 5) is 31.4. The molecule has 0 fully saturated rings. The SMILES string of the molecule is CCCN(CC(=O)NC)c1nc(N)nc(C)c1[N+](=O)[O-]. The van der Waals surface area contributed by atoms with Crippen molar-refractivity contribution >= 4 is 23.4 Å². The van der Waals surface area contributed by atoms with Crippen molar-refractivity contribution in [3.05, 3.63) is 15.8 Å². The molecule has 0 aliphatic heterocycles. The lowest BCUT2D eigenvalue weighted by atomic mass is 10.3. The first-order chi connectivity index (χ1) is 9.40. The standard InChI is InChI=1S/C11H18N6O3/c1-4-5-16(6-8(18)13-3)10-9(17(19)20)7(2)14-11(12)15-10/h4-6H2,1-3H3,(H,13,18)(H2,12,14,15). The second-order valence-electron chi connectivity index (χ2n) is 4.19. The summed E-state index contributed by atoms with van der Waals surface area (Å²) in [6.45, 7) is 3.81. The van der Waals surface area contributed by atoms with Crippen molar-refractivity contribution in [2.75, 3.05) is 30.8 Å². The van der Waals surface area contributed by atoms with Gasteiger partial charge in [-0.3, -0.25) is 14.9 Å². The molecule has 1 heterocycles. The first-order valence-corrected chi connectivity index (χ1v) is 6.14. The molecular weight excluding hydrogens is 264 g/mol. The molecule has 1 rings (SSSR count). The van der Waals surface area contributed by atoms with Gasteiger partial charge in [-0.15, -0.1) is 0 Å². The minimum atomic E-state index is -0.559. The van der Waals surface area contributed by atoms with Crippen LogP contribution in [-0.2, 0) is 4.79 Å². The van der Waals surface area contributed by atoms with Gasteiger partial charge in [0, 0.05) is 13.6 Å².